The van der Waals surface area contributed by atoms with Crippen molar-refractivity contribution in [3.63, 3.8) is 0 Å². The molecule has 4 rings (SSSR count). The van der Waals surface area contributed by atoms with Gasteiger partial charge in [0.25, 0.3) is 11.5 Å². The molecule has 1 amide bonds. The topological polar surface area (TPSA) is 107 Å². The minimum absolute atomic E-state index is 0.0788. The van der Waals surface area contributed by atoms with E-state index in [4.69, 9.17) is 0 Å². The van der Waals surface area contributed by atoms with Crippen molar-refractivity contribution in [2.75, 3.05) is 18.0 Å². The highest BCUT2D eigenvalue weighted by Crippen LogP contribution is 2.22. The number of piperidine rings is 1. The number of hydrogen-bond donors (Lipinski definition) is 3. The Hall–Kier alpha value is -2.64. The van der Waals surface area contributed by atoms with Gasteiger partial charge in [0, 0.05) is 42.1 Å². The molecular formula is C18H24N6O2. The van der Waals surface area contributed by atoms with Crippen LogP contribution in [-0.4, -0.2) is 45.2 Å². The number of amides is 1. The molecule has 8 nitrogen and oxygen atoms in total. The Kier molecular flexibility index (Phi) is 4.48. The number of anilines is 1. The van der Waals surface area contributed by atoms with Crippen molar-refractivity contribution < 1.29 is 4.79 Å². The Morgan fingerprint density at radius 1 is 1.27 bits per heavy atom. The van der Waals surface area contributed by atoms with E-state index < -0.39 is 0 Å². The molecule has 0 bridgehead atoms. The van der Waals surface area contributed by atoms with E-state index in [9.17, 15) is 9.59 Å². The Balaban J connectivity index is 1.37. The summed E-state index contributed by atoms with van der Waals surface area (Å²) in [5.74, 6) is 0.533. The number of fused-ring (bicyclic) bond motifs is 1. The van der Waals surface area contributed by atoms with Gasteiger partial charge in [-0.1, -0.05) is 0 Å². The van der Waals surface area contributed by atoms with Crippen LogP contribution < -0.4 is 15.8 Å². The summed E-state index contributed by atoms with van der Waals surface area (Å²) in [6, 6.07) is 1.60. The summed E-state index contributed by atoms with van der Waals surface area (Å²) < 4.78 is 0. The van der Waals surface area contributed by atoms with E-state index in [2.05, 4.69) is 30.4 Å². The molecule has 0 unspecified atom stereocenters. The number of nitrogens with one attached hydrogen (secondary N) is 3. The fourth-order valence-electron chi connectivity index (χ4n) is 3.87. The number of aryl methyl sites for hydroxylation is 2. The van der Waals surface area contributed by atoms with Gasteiger partial charge in [0.15, 0.2) is 5.69 Å². The third-order valence-electron chi connectivity index (χ3n) is 5.26. The predicted octanol–water partition coefficient (Wildman–Crippen LogP) is 1.08. The van der Waals surface area contributed by atoms with E-state index in [1.807, 2.05) is 6.92 Å². The Labute approximate surface area is 151 Å². The van der Waals surface area contributed by atoms with E-state index in [1.165, 1.54) is 6.07 Å². The van der Waals surface area contributed by atoms with Crippen LogP contribution in [0.25, 0.3) is 0 Å². The summed E-state index contributed by atoms with van der Waals surface area (Å²) in [6.45, 7) is 3.31. The molecule has 2 aliphatic rings. The smallest absolute Gasteiger partial charge is 0.272 e. The number of hydrogen-bond acceptors (Lipinski definition) is 5. The zero-order valence-electron chi connectivity index (χ0n) is 15.0. The van der Waals surface area contributed by atoms with Crippen LogP contribution in [0.1, 0.15) is 53.1 Å². The summed E-state index contributed by atoms with van der Waals surface area (Å²) >= 11 is 0. The lowest BCUT2D eigenvalue weighted by molar-refractivity contribution is 0.0925. The molecule has 0 aromatic carbocycles. The second-order valence-corrected chi connectivity index (χ2v) is 7.18. The number of carbonyl (C=O) groups is 1. The van der Waals surface area contributed by atoms with Crippen molar-refractivity contribution in [2.45, 2.75) is 51.5 Å². The van der Waals surface area contributed by atoms with Crippen LogP contribution in [0.3, 0.4) is 0 Å². The number of H-pyrrole nitrogens is 2. The number of nitrogens with zero attached hydrogens (tertiary/aromatic N) is 3. The standard InChI is InChI=1S/C18H24N6O2/c1-11-10-15(25)21-18(19-11)24-8-6-12(7-9-24)20-17(26)16-13-4-2-3-5-14(13)22-23-16/h10,12H,2-9H2,1H3,(H,20,26)(H,22,23)(H,19,21,25). The van der Waals surface area contributed by atoms with Gasteiger partial charge in [-0.2, -0.15) is 5.10 Å². The largest absolute Gasteiger partial charge is 0.348 e. The van der Waals surface area contributed by atoms with Crippen LogP contribution >= 0.6 is 0 Å². The molecule has 2 aromatic rings. The fourth-order valence-corrected chi connectivity index (χ4v) is 3.87. The molecule has 3 N–H and O–H groups in total. The average molecular weight is 356 g/mol. The summed E-state index contributed by atoms with van der Waals surface area (Å²) in [7, 11) is 0. The van der Waals surface area contributed by atoms with Gasteiger partial charge < -0.3 is 10.2 Å². The van der Waals surface area contributed by atoms with Crippen molar-refractivity contribution in [3.8, 4) is 0 Å². The monoisotopic (exact) mass is 356 g/mol. The molecule has 0 saturated carbocycles. The van der Waals surface area contributed by atoms with Crippen molar-refractivity contribution in [3.05, 3.63) is 39.1 Å². The normalized spacial score (nSPS) is 17.8. The zero-order chi connectivity index (χ0) is 18.1. The van der Waals surface area contributed by atoms with Crippen LogP contribution in [-0.2, 0) is 12.8 Å². The second-order valence-electron chi connectivity index (χ2n) is 7.18. The van der Waals surface area contributed by atoms with Crippen LogP contribution in [0.4, 0.5) is 5.95 Å². The first-order valence-electron chi connectivity index (χ1n) is 9.30. The third kappa shape index (κ3) is 3.36. The lowest BCUT2D eigenvalue weighted by atomic mass is 9.95. The number of aromatic amines is 2. The summed E-state index contributed by atoms with van der Waals surface area (Å²) in [5.41, 5.74) is 3.35. The Morgan fingerprint density at radius 2 is 2.04 bits per heavy atom. The van der Waals surface area contributed by atoms with Gasteiger partial charge in [-0.05, 0) is 45.4 Å². The van der Waals surface area contributed by atoms with Gasteiger partial charge in [-0.25, -0.2) is 4.98 Å². The van der Waals surface area contributed by atoms with Crippen molar-refractivity contribution in [1.82, 2.24) is 25.5 Å². The Morgan fingerprint density at radius 3 is 2.81 bits per heavy atom. The fraction of sp³-hybridized carbons (Fsp3) is 0.556. The van der Waals surface area contributed by atoms with Gasteiger partial charge in [-0.15, -0.1) is 0 Å². The van der Waals surface area contributed by atoms with Crippen molar-refractivity contribution in [1.29, 1.82) is 0 Å². The molecular weight excluding hydrogens is 332 g/mol. The van der Waals surface area contributed by atoms with E-state index in [0.29, 0.717) is 17.3 Å². The molecule has 2 aromatic heterocycles. The molecule has 3 heterocycles. The van der Waals surface area contributed by atoms with Crippen molar-refractivity contribution >= 4 is 11.9 Å². The van der Waals surface area contributed by atoms with Gasteiger partial charge in [0.05, 0.1) is 0 Å². The van der Waals surface area contributed by atoms with Gasteiger partial charge in [0.2, 0.25) is 5.95 Å². The average Bonchev–Trinajstić information content (AvgIpc) is 3.06. The maximum atomic E-state index is 12.6. The summed E-state index contributed by atoms with van der Waals surface area (Å²) in [5, 5.41) is 10.4. The minimum atomic E-state index is -0.133. The highest BCUT2D eigenvalue weighted by atomic mass is 16.2. The van der Waals surface area contributed by atoms with Crippen LogP contribution in [0.2, 0.25) is 0 Å². The SMILES string of the molecule is Cc1cc(=O)[nH]c(N2CCC(NC(=O)c3n[nH]c4c3CCCC4)CC2)n1. The Bertz CT molecular complexity index is 863. The molecule has 0 spiro atoms. The van der Waals surface area contributed by atoms with E-state index >= 15 is 0 Å². The van der Waals surface area contributed by atoms with Crippen LogP contribution in [0.15, 0.2) is 10.9 Å². The number of rotatable bonds is 3. The maximum Gasteiger partial charge on any atom is 0.272 e. The highest BCUT2D eigenvalue weighted by molar-refractivity contribution is 5.94. The van der Waals surface area contributed by atoms with Crippen LogP contribution in [0.5, 0.6) is 0 Å². The van der Waals surface area contributed by atoms with E-state index in [-0.39, 0.29) is 17.5 Å². The number of aromatic nitrogens is 4. The van der Waals surface area contributed by atoms with E-state index in [0.717, 1.165) is 62.9 Å². The summed E-state index contributed by atoms with van der Waals surface area (Å²) in [4.78, 5) is 33.5. The second kappa shape index (κ2) is 6.93. The first-order chi connectivity index (χ1) is 12.6. The van der Waals surface area contributed by atoms with Gasteiger partial charge in [0.1, 0.15) is 0 Å². The lowest BCUT2D eigenvalue weighted by Crippen LogP contribution is -2.45. The lowest BCUT2D eigenvalue weighted by Gasteiger charge is -2.32. The number of carbonyl (C=O) groups excluding carboxylic acids is 1. The molecule has 26 heavy (non-hydrogen) atoms. The molecule has 1 saturated heterocycles. The molecule has 1 aliphatic carbocycles. The van der Waals surface area contributed by atoms with Crippen molar-refractivity contribution in [2.24, 2.45) is 0 Å². The van der Waals surface area contributed by atoms with Gasteiger partial charge >= 0.3 is 0 Å². The molecule has 8 heteroatoms. The first-order valence-corrected chi connectivity index (χ1v) is 9.30. The predicted molar refractivity (Wildman–Crippen MR) is 97.5 cm³/mol. The maximum absolute atomic E-state index is 12.6. The highest BCUT2D eigenvalue weighted by Gasteiger charge is 2.26. The molecule has 1 fully saturated rings. The van der Waals surface area contributed by atoms with E-state index in [1.54, 1.807) is 0 Å². The third-order valence-corrected chi connectivity index (χ3v) is 5.26. The molecule has 0 atom stereocenters. The molecule has 1 aliphatic heterocycles. The minimum Gasteiger partial charge on any atom is -0.348 e. The molecule has 0 radical (unpaired) electrons. The quantitative estimate of drug-likeness (QED) is 0.763. The zero-order valence-corrected chi connectivity index (χ0v) is 15.0. The van der Waals surface area contributed by atoms with Crippen LogP contribution in [0, 0.1) is 6.92 Å². The first kappa shape index (κ1) is 16.8. The van der Waals surface area contributed by atoms with Gasteiger partial charge in [-0.3, -0.25) is 19.7 Å². The molecule has 138 valence electrons. The summed E-state index contributed by atoms with van der Waals surface area (Å²) in [6.07, 6.45) is 5.82.